The van der Waals surface area contributed by atoms with E-state index in [1.54, 1.807) is 13.8 Å². The van der Waals surface area contributed by atoms with E-state index in [1.807, 2.05) is 12.1 Å². The molecule has 1 aromatic carbocycles. The number of hydrogen-bond donors (Lipinski definition) is 0. The smallest absolute Gasteiger partial charge is 0.338 e. The first-order valence-electron chi connectivity index (χ1n) is 11.3. The molecule has 1 saturated carbocycles. The fraction of sp³-hybridized carbons (Fsp3) is 0.615. The third-order valence-electron chi connectivity index (χ3n) is 6.40. The summed E-state index contributed by atoms with van der Waals surface area (Å²) in [6.07, 6.45) is 10.5. The molecular weight excluding hydrogens is 360 g/mol. The van der Waals surface area contributed by atoms with Gasteiger partial charge < -0.3 is 4.74 Å². The first-order valence-corrected chi connectivity index (χ1v) is 11.3. The van der Waals surface area contributed by atoms with E-state index in [4.69, 9.17) is 4.74 Å². The number of Topliss-reactive ketones (excluding diaryl/α,β-unsaturated/α-hetero) is 1. The van der Waals surface area contributed by atoms with E-state index >= 15 is 0 Å². The third kappa shape index (κ3) is 5.72. The molecule has 0 bridgehead atoms. The number of carbonyl (C=O) groups excluding carboxylic acids is 2. The van der Waals surface area contributed by atoms with Crippen molar-refractivity contribution in [2.45, 2.75) is 97.0 Å². The zero-order valence-corrected chi connectivity index (χ0v) is 18.6. The summed E-state index contributed by atoms with van der Waals surface area (Å²) in [7, 11) is 0. The number of rotatable bonds is 9. The van der Waals surface area contributed by atoms with Gasteiger partial charge in [0.1, 0.15) is 0 Å². The van der Waals surface area contributed by atoms with Crippen molar-refractivity contribution in [1.29, 1.82) is 0 Å². The lowest BCUT2D eigenvalue weighted by atomic mass is 9.60. The largest absolute Gasteiger partial charge is 0.450 e. The number of esters is 1. The molecule has 158 valence electrons. The van der Waals surface area contributed by atoms with Gasteiger partial charge in [0, 0.05) is 0 Å². The summed E-state index contributed by atoms with van der Waals surface area (Å²) in [6, 6.07) is 7.98. The van der Waals surface area contributed by atoms with Gasteiger partial charge in [0.15, 0.2) is 6.10 Å². The Hall–Kier alpha value is -2.08. The first-order chi connectivity index (χ1) is 14.0. The van der Waals surface area contributed by atoms with Gasteiger partial charge in [-0.3, -0.25) is 4.79 Å². The van der Waals surface area contributed by atoms with Crippen LogP contribution in [0.4, 0.5) is 0 Å². The molecule has 1 aliphatic carbocycles. The topological polar surface area (TPSA) is 43.4 Å². The maximum absolute atomic E-state index is 12.4. The highest BCUT2D eigenvalue weighted by atomic mass is 16.5. The minimum Gasteiger partial charge on any atom is -0.450 e. The minimum absolute atomic E-state index is 0.229. The molecule has 0 amide bonds. The van der Waals surface area contributed by atoms with Crippen molar-refractivity contribution in [3.05, 3.63) is 35.4 Å². The van der Waals surface area contributed by atoms with Gasteiger partial charge in [-0.1, -0.05) is 64.0 Å². The second-order valence-electron chi connectivity index (χ2n) is 8.36. The molecule has 0 N–H and O–H groups in total. The van der Waals surface area contributed by atoms with Crippen LogP contribution in [0.1, 0.15) is 101 Å². The highest BCUT2D eigenvalue weighted by Gasteiger charge is 2.40. The Morgan fingerprint density at radius 2 is 1.62 bits per heavy atom. The Morgan fingerprint density at radius 1 is 1.03 bits per heavy atom. The Balaban J connectivity index is 2.23. The molecule has 0 heterocycles. The zero-order valence-electron chi connectivity index (χ0n) is 18.6. The van der Waals surface area contributed by atoms with Crippen LogP contribution in [0, 0.1) is 17.8 Å². The quantitative estimate of drug-likeness (QED) is 0.282. The molecule has 1 aliphatic rings. The normalized spacial score (nSPS) is 16.6. The third-order valence-corrected chi connectivity index (χ3v) is 6.40. The molecule has 0 aliphatic heterocycles. The first kappa shape index (κ1) is 23.2. The molecule has 2 rings (SSSR count). The number of carbonyl (C=O) groups is 2. The second kappa shape index (κ2) is 11.2. The monoisotopic (exact) mass is 396 g/mol. The molecule has 1 atom stereocenters. The van der Waals surface area contributed by atoms with E-state index in [0.29, 0.717) is 11.5 Å². The van der Waals surface area contributed by atoms with Crippen LogP contribution in [0.3, 0.4) is 0 Å². The van der Waals surface area contributed by atoms with Crippen LogP contribution >= 0.6 is 0 Å². The van der Waals surface area contributed by atoms with Gasteiger partial charge in [-0.15, -0.1) is 0 Å². The predicted octanol–water partition coefficient (Wildman–Crippen LogP) is 6.24. The van der Waals surface area contributed by atoms with Crippen molar-refractivity contribution in [3.63, 3.8) is 0 Å². The maximum Gasteiger partial charge on any atom is 0.338 e. The average Bonchev–Trinajstić information content (AvgIpc) is 2.74. The molecule has 0 aromatic heterocycles. The molecule has 3 heteroatoms. The van der Waals surface area contributed by atoms with Gasteiger partial charge in [0.2, 0.25) is 5.78 Å². The lowest BCUT2D eigenvalue weighted by molar-refractivity contribution is -0.121. The second-order valence-corrected chi connectivity index (χ2v) is 8.36. The molecule has 3 nitrogen and oxygen atoms in total. The summed E-state index contributed by atoms with van der Waals surface area (Å²) in [6.45, 7) is 7.72. The van der Waals surface area contributed by atoms with Crippen LogP contribution in [0.25, 0.3) is 0 Å². The van der Waals surface area contributed by atoms with Crippen LogP contribution < -0.4 is 0 Å². The van der Waals surface area contributed by atoms with Gasteiger partial charge in [0.25, 0.3) is 0 Å². The summed E-state index contributed by atoms with van der Waals surface area (Å²) >= 11 is 0. The summed E-state index contributed by atoms with van der Waals surface area (Å²) in [4.78, 5) is 24.2. The Bertz CT molecular complexity index is 723. The van der Waals surface area contributed by atoms with Crippen LogP contribution in [0.15, 0.2) is 24.3 Å². The van der Waals surface area contributed by atoms with Crippen molar-refractivity contribution < 1.29 is 14.3 Å². The van der Waals surface area contributed by atoms with E-state index in [0.717, 1.165) is 0 Å². The number of hydrogen-bond acceptors (Lipinski definition) is 3. The standard InChI is InChI=1S/C26H36O3/c1-5-11-22(12-6-2)26(18-9-8-10-19-26)23-16-14-21(15-17-23)25(28)29-20(4)24(27)13-7-3/h14-17,20,22H,5-6,8-12,18-19H2,1-4H3. The highest BCUT2D eigenvalue weighted by molar-refractivity contribution is 6.00. The SMILES string of the molecule is CC#CC(=O)C(C)OC(=O)c1ccc(C2(C(CCC)CCC)CCCCC2)cc1. The van der Waals surface area contributed by atoms with Crippen LogP contribution in [-0.4, -0.2) is 17.9 Å². The Labute approximate surface area is 176 Å². The van der Waals surface area contributed by atoms with Gasteiger partial charge >= 0.3 is 5.97 Å². The number of ether oxygens (including phenoxy) is 1. The minimum atomic E-state index is -0.849. The molecule has 29 heavy (non-hydrogen) atoms. The maximum atomic E-state index is 12.4. The molecule has 1 aromatic rings. The fourth-order valence-corrected chi connectivity index (χ4v) is 4.95. The van der Waals surface area contributed by atoms with Crippen LogP contribution in [-0.2, 0) is 14.9 Å². The average molecular weight is 397 g/mol. The highest BCUT2D eigenvalue weighted by Crippen LogP contribution is 2.48. The molecule has 0 saturated heterocycles. The van der Waals surface area contributed by atoms with Crippen molar-refractivity contribution in [3.8, 4) is 11.8 Å². The predicted molar refractivity (Wildman–Crippen MR) is 118 cm³/mol. The van der Waals surface area contributed by atoms with Crippen molar-refractivity contribution >= 4 is 11.8 Å². The molecular formula is C26H36O3. The van der Waals surface area contributed by atoms with Crippen molar-refractivity contribution in [2.75, 3.05) is 0 Å². The summed E-state index contributed by atoms with van der Waals surface area (Å²) in [5.41, 5.74) is 2.08. The van der Waals surface area contributed by atoms with Gasteiger partial charge in [-0.05, 0) is 74.5 Å². The molecule has 1 unspecified atom stereocenters. The lowest BCUT2D eigenvalue weighted by Gasteiger charge is -2.45. The molecule has 0 spiro atoms. The Morgan fingerprint density at radius 3 is 2.14 bits per heavy atom. The van der Waals surface area contributed by atoms with Crippen molar-refractivity contribution in [2.24, 2.45) is 5.92 Å². The zero-order chi connectivity index (χ0) is 21.3. The van der Waals surface area contributed by atoms with Gasteiger partial charge in [0.05, 0.1) is 5.56 Å². The molecule has 0 radical (unpaired) electrons. The molecule has 1 fully saturated rings. The summed E-state index contributed by atoms with van der Waals surface area (Å²) in [5, 5.41) is 0. The van der Waals surface area contributed by atoms with E-state index in [1.165, 1.54) is 63.4 Å². The van der Waals surface area contributed by atoms with Crippen LogP contribution in [0.2, 0.25) is 0 Å². The number of ketones is 1. The van der Waals surface area contributed by atoms with Gasteiger partial charge in [-0.2, -0.15) is 0 Å². The lowest BCUT2D eigenvalue weighted by Crippen LogP contribution is -2.37. The van der Waals surface area contributed by atoms with E-state index in [-0.39, 0.29) is 11.2 Å². The van der Waals surface area contributed by atoms with Crippen LogP contribution in [0.5, 0.6) is 0 Å². The summed E-state index contributed by atoms with van der Waals surface area (Å²) in [5.74, 6) is 4.83. The van der Waals surface area contributed by atoms with E-state index in [9.17, 15) is 9.59 Å². The van der Waals surface area contributed by atoms with E-state index < -0.39 is 12.1 Å². The summed E-state index contributed by atoms with van der Waals surface area (Å²) < 4.78 is 5.29. The van der Waals surface area contributed by atoms with Crippen molar-refractivity contribution in [1.82, 2.24) is 0 Å². The van der Waals surface area contributed by atoms with E-state index in [2.05, 4.69) is 37.8 Å². The fourth-order valence-electron chi connectivity index (χ4n) is 4.95. The number of benzene rings is 1. The Kier molecular flexibility index (Phi) is 8.96. The van der Waals surface area contributed by atoms with Gasteiger partial charge in [-0.25, -0.2) is 4.79 Å².